The van der Waals surface area contributed by atoms with E-state index in [0.29, 0.717) is 29.9 Å². The Balaban J connectivity index is 1.71. The van der Waals surface area contributed by atoms with E-state index in [1.165, 1.54) is 18.2 Å². The third-order valence-electron chi connectivity index (χ3n) is 5.61. The van der Waals surface area contributed by atoms with E-state index in [9.17, 15) is 13.6 Å². The summed E-state index contributed by atoms with van der Waals surface area (Å²) in [7, 11) is 0. The number of carbonyl (C=O) groups is 1. The molecule has 0 spiro atoms. The SMILES string of the molecule is CC1(C)CC(=O)C2=C(C1)Nc1nc(-c3ccccc3F)nn1C2c1cccc(F)c1. The zero-order valence-electron chi connectivity index (χ0n) is 16.6. The summed E-state index contributed by atoms with van der Waals surface area (Å²) in [5.74, 6) is -0.211. The number of allylic oxidation sites excluding steroid dienone is 2. The predicted octanol–water partition coefficient (Wildman–Crippen LogP) is 4.88. The number of nitrogens with one attached hydrogen (secondary N) is 1. The minimum Gasteiger partial charge on any atom is -0.328 e. The van der Waals surface area contributed by atoms with Crippen molar-refractivity contribution in [3.05, 3.63) is 77.0 Å². The smallest absolute Gasteiger partial charge is 0.226 e. The fourth-order valence-corrected chi connectivity index (χ4v) is 4.35. The maximum absolute atomic E-state index is 14.3. The summed E-state index contributed by atoms with van der Waals surface area (Å²) in [6, 6.07) is 11.8. The Morgan fingerprint density at radius 2 is 1.90 bits per heavy atom. The van der Waals surface area contributed by atoms with Gasteiger partial charge in [0.15, 0.2) is 11.6 Å². The van der Waals surface area contributed by atoms with Gasteiger partial charge in [0.25, 0.3) is 0 Å². The summed E-state index contributed by atoms with van der Waals surface area (Å²) in [5.41, 5.74) is 2.00. The molecule has 1 aliphatic heterocycles. The van der Waals surface area contributed by atoms with Gasteiger partial charge in [0.2, 0.25) is 5.95 Å². The van der Waals surface area contributed by atoms with Crippen molar-refractivity contribution in [2.75, 3.05) is 5.32 Å². The van der Waals surface area contributed by atoms with Crippen molar-refractivity contribution < 1.29 is 13.6 Å². The monoisotopic (exact) mass is 406 g/mol. The zero-order chi connectivity index (χ0) is 21.0. The molecule has 0 radical (unpaired) electrons. The highest BCUT2D eigenvalue weighted by molar-refractivity contribution is 6.00. The molecule has 0 amide bonds. The number of benzene rings is 2. The van der Waals surface area contributed by atoms with Gasteiger partial charge in [0.1, 0.15) is 17.7 Å². The molecular weight excluding hydrogens is 386 g/mol. The third kappa shape index (κ3) is 3.01. The van der Waals surface area contributed by atoms with Gasteiger partial charge in [-0.1, -0.05) is 38.1 Å². The topological polar surface area (TPSA) is 59.8 Å². The van der Waals surface area contributed by atoms with Crippen LogP contribution in [0.1, 0.15) is 38.3 Å². The molecule has 1 aromatic heterocycles. The Kier molecular flexibility index (Phi) is 4.10. The number of Topliss-reactive ketones (excluding diaryl/α,β-unsaturated/α-hetero) is 1. The van der Waals surface area contributed by atoms with Crippen LogP contribution >= 0.6 is 0 Å². The standard InChI is InChI=1S/C23H20F2N4O/c1-23(2)11-17-19(18(30)12-23)20(13-6-5-7-14(24)10-13)29-22(26-17)27-21(28-29)15-8-3-4-9-16(15)25/h3-10,20H,11-12H2,1-2H3,(H,26,27,28). The van der Waals surface area contributed by atoms with Crippen LogP contribution < -0.4 is 5.32 Å². The van der Waals surface area contributed by atoms with Crippen molar-refractivity contribution in [3.63, 3.8) is 0 Å². The number of ketones is 1. The number of rotatable bonds is 2. The van der Waals surface area contributed by atoms with E-state index in [-0.39, 0.29) is 22.6 Å². The summed E-state index contributed by atoms with van der Waals surface area (Å²) < 4.78 is 30.0. The average Bonchev–Trinajstić information content (AvgIpc) is 3.09. The fourth-order valence-electron chi connectivity index (χ4n) is 4.35. The first-order chi connectivity index (χ1) is 14.3. The van der Waals surface area contributed by atoms with Gasteiger partial charge in [-0.05, 0) is 41.7 Å². The second-order valence-electron chi connectivity index (χ2n) is 8.60. The Morgan fingerprint density at radius 1 is 1.10 bits per heavy atom. The molecular formula is C23H20F2N4O. The van der Waals surface area contributed by atoms with Gasteiger partial charge < -0.3 is 5.32 Å². The number of hydrogen-bond acceptors (Lipinski definition) is 4. The third-order valence-corrected chi connectivity index (χ3v) is 5.61. The second-order valence-corrected chi connectivity index (χ2v) is 8.60. The first-order valence-corrected chi connectivity index (χ1v) is 9.82. The molecule has 30 heavy (non-hydrogen) atoms. The molecule has 152 valence electrons. The Bertz CT molecular complexity index is 1210. The van der Waals surface area contributed by atoms with E-state index in [1.54, 1.807) is 35.0 Å². The van der Waals surface area contributed by atoms with Crippen LogP contribution in [-0.4, -0.2) is 20.5 Å². The van der Waals surface area contributed by atoms with Gasteiger partial charge in [-0.25, -0.2) is 13.5 Å². The molecule has 3 aromatic rings. The minimum absolute atomic E-state index is 0.00315. The van der Waals surface area contributed by atoms with Crippen LogP contribution in [0, 0.1) is 17.0 Å². The molecule has 1 unspecified atom stereocenters. The van der Waals surface area contributed by atoms with E-state index >= 15 is 0 Å². The first-order valence-electron chi connectivity index (χ1n) is 9.82. The Labute approximate surface area is 172 Å². The molecule has 2 heterocycles. The molecule has 5 rings (SSSR count). The molecule has 2 aliphatic rings. The van der Waals surface area contributed by atoms with E-state index < -0.39 is 17.7 Å². The van der Waals surface area contributed by atoms with Crippen molar-refractivity contribution in [1.82, 2.24) is 14.8 Å². The van der Waals surface area contributed by atoms with Crippen LogP contribution in [0.5, 0.6) is 0 Å². The molecule has 1 atom stereocenters. The fraction of sp³-hybridized carbons (Fsp3) is 0.261. The van der Waals surface area contributed by atoms with Crippen molar-refractivity contribution in [1.29, 1.82) is 0 Å². The summed E-state index contributed by atoms with van der Waals surface area (Å²) in [5, 5.41) is 7.77. The number of anilines is 1. The molecule has 2 aromatic carbocycles. The summed E-state index contributed by atoms with van der Waals surface area (Å²) in [4.78, 5) is 17.6. The van der Waals surface area contributed by atoms with Crippen LogP contribution in [0.2, 0.25) is 0 Å². The van der Waals surface area contributed by atoms with Gasteiger partial charge in [-0.3, -0.25) is 4.79 Å². The number of hydrogen-bond donors (Lipinski definition) is 1. The largest absolute Gasteiger partial charge is 0.328 e. The van der Waals surface area contributed by atoms with E-state index in [1.807, 2.05) is 13.8 Å². The highest BCUT2D eigenvalue weighted by Crippen LogP contribution is 2.45. The van der Waals surface area contributed by atoms with Gasteiger partial charge in [0.05, 0.1) is 5.56 Å². The number of fused-ring (bicyclic) bond motifs is 1. The van der Waals surface area contributed by atoms with Crippen LogP contribution in [-0.2, 0) is 4.79 Å². The van der Waals surface area contributed by atoms with Crippen LogP contribution in [0.15, 0.2) is 59.8 Å². The minimum atomic E-state index is -0.622. The Hall–Kier alpha value is -3.35. The molecule has 1 aliphatic carbocycles. The van der Waals surface area contributed by atoms with Gasteiger partial charge >= 0.3 is 0 Å². The quantitative estimate of drug-likeness (QED) is 0.659. The first kappa shape index (κ1) is 18.7. The number of nitrogens with zero attached hydrogens (tertiary/aromatic N) is 3. The molecule has 7 heteroatoms. The predicted molar refractivity (Wildman–Crippen MR) is 109 cm³/mol. The summed E-state index contributed by atoms with van der Waals surface area (Å²) in [6.07, 6.45) is 1.05. The highest BCUT2D eigenvalue weighted by atomic mass is 19.1. The normalized spacial score (nSPS) is 19.9. The lowest BCUT2D eigenvalue weighted by Gasteiger charge is -2.38. The van der Waals surface area contributed by atoms with E-state index in [0.717, 1.165) is 5.70 Å². The van der Waals surface area contributed by atoms with Crippen LogP contribution in [0.3, 0.4) is 0 Å². The number of aromatic nitrogens is 3. The Morgan fingerprint density at radius 3 is 2.67 bits per heavy atom. The van der Waals surface area contributed by atoms with Crippen LogP contribution in [0.25, 0.3) is 11.4 Å². The van der Waals surface area contributed by atoms with Gasteiger partial charge in [-0.2, -0.15) is 4.98 Å². The van der Waals surface area contributed by atoms with Gasteiger partial charge in [0, 0.05) is 17.7 Å². The summed E-state index contributed by atoms with van der Waals surface area (Å²) in [6.45, 7) is 4.08. The van der Waals surface area contributed by atoms with Crippen LogP contribution in [0.4, 0.5) is 14.7 Å². The molecule has 0 fully saturated rings. The lowest BCUT2D eigenvalue weighted by Crippen LogP contribution is -2.36. The average molecular weight is 406 g/mol. The van der Waals surface area contributed by atoms with Crippen molar-refractivity contribution in [2.45, 2.75) is 32.7 Å². The van der Waals surface area contributed by atoms with Crippen molar-refractivity contribution in [3.8, 4) is 11.4 Å². The summed E-state index contributed by atoms with van der Waals surface area (Å²) >= 11 is 0. The molecule has 0 saturated carbocycles. The number of carbonyl (C=O) groups excluding carboxylic acids is 1. The maximum atomic E-state index is 14.3. The molecule has 0 bridgehead atoms. The second kappa shape index (κ2) is 6.58. The van der Waals surface area contributed by atoms with Gasteiger partial charge in [-0.15, -0.1) is 5.10 Å². The highest BCUT2D eigenvalue weighted by Gasteiger charge is 2.42. The van der Waals surface area contributed by atoms with E-state index in [2.05, 4.69) is 15.4 Å². The lowest BCUT2D eigenvalue weighted by atomic mass is 9.73. The zero-order valence-corrected chi connectivity index (χ0v) is 16.6. The van der Waals surface area contributed by atoms with Crippen molar-refractivity contribution in [2.24, 2.45) is 5.41 Å². The molecule has 1 N–H and O–H groups in total. The van der Waals surface area contributed by atoms with Crippen molar-refractivity contribution >= 4 is 11.7 Å². The van der Waals surface area contributed by atoms with E-state index in [4.69, 9.17) is 0 Å². The number of halogens is 2. The lowest BCUT2D eigenvalue weighted by molar-refractivity contribution is -0.118. The maximum Gasteiger partial charge on any atom is 0.226 e. The molecule has 5 nitrogen and oxygen atoms in total. The molecule has 0 saturated heterocycles.